The van der Waals surface area contributed by atoms with Gasteiger partial charge >= 0.3 is 0 Å². The van der Waals surface area contributed by atoms with Crippen LogP contribution in [0.5, 0.6) is 0 Å². The van der Waals surface area contributed by atoms with Crippen molar-refractivity contribution in [2.45, 2.75) is 91.1 Å². The molecule has 0 bridgehead atoms. The summed E-state index contributed by atoms with van der Waals surface area (Å²) in [5, 5.41) is 42.1. The predicted molar refractivity (Wildman–Crippen MR) is 245 cm³/mol. The number of nitrogens with one attached hydrogen (secondary N) is 7. The highest BCUT2D eigenvalue weighted by Crippen LogP contribution is 2.29. The molecule has 3 atom stereocenters. The molecule has 1 aliphatic rings. The Morgan fingerprint density at radius 2 is 1.66 bits per heavy atom. The largest absolute Gasteiger partial charge is 0.467 e. The van der Waals surface area contributed by atoms with Crippen molar-refractivity contribution >= 4 is 52.9 Å². The molecule has 0 aliphatic carbocycles. The van der Waals surface area contributed by atoms with Crippen molar-refractivity contribution in [1.82, 2.24) is 35.4 Å². The monoisotopic (exact) mass is 891 g/mol. The van der Waals surface area contributed by atoms with Crippen molar-refractivity contribution in [1.29, 1.82) is 10.8 Å². The van der Waals surface area contributed by atoms with E-state index in [0.29, 0.717) is 49.7 Å². The van der Waals surface area contributed by atoms with Crippen LogP contribution in [-0.2, 0) is 32.3 Å². The summed E-state index contributed by atoms with van der Waals surface area (Å²) in [6, 6.07) is 17.1. The van der Waals surface area contributed by atoms with E-state index in [-0.39, 0.29) is 55.6 Å². The third-order valence-electron chi connectivity index (χ3n) is 10.9. The number of anilines is 2. The number of carbonyl (C=O) groups excluding carboxylic acids is 4. The number of hydrogen-bond donors (Lipinski definition) is 8. The van der Waals surface area contributed by atoms with Gasteiger partial charge in [-0.3, -0.25) is 34.6 Å². The molecule has 2 aromatic carbocycles. The Balaban J connectivity index is 0.896. The zero-order valence-corrected chi connectivity index (χ0v) is 37.4. The Hall–Kier alpha value is -6.66. The number of amides is 4. The normalized spacial score (nSPS) is 15.3. The Bertz CT molecular complexity index is 2440. The molecular weight excluding hydrogens is 835 g/mol. The molecule has 1 aliphatic heterocycles. The average molecular weight is 892 g/mol. The maximum atomic E-state index is 14.0. The first-order valence-electron chi connectivity index (χ1n) is 21.3. The molecule has 0 radical (unpaired) electrons. The van der Waals surface area contributed by atoms with Gasteiger partial charge in [-0.1, -0.05) is 57.2 Å². The number of aryl methyl sites for hydroxylation is 1. The predicted octanol–water partition coefficient (Wildman–Crippen LogP) is 5.02. The van der Waals surface area contributed by atoms with Gasteiger partial charge in [-0.25, -0.2) is 9.97 Å². The van der Waals surface area contributed by atoms with Crippen molar-refractivity contribution in [3.63, 3.8) is 0 Å². The van der Waals surface area contributed by atoms with E-state index in [1.54, 1.807) is 29.9 Å². The molecule has 5 aromatic rings. The number of aliphatic hydroxyl groups excluding tert-OH is 1. The van der Waals surface area contributed by atoms with Crippen molar-refractivity contribution in [2.24, 2.45) is 5.41 Å². The number of furan rings is 1. The summed E-state index contributed by atoms with van der Waals surface area (Å²) in [4.78, 5) is 64.3. The molecule has 17 nitrogen and oxygen atoms in total. The van der Waals surface area contributed by atoms with Crippen LogP contribution < -0.4 is 32.1 Å². The zero-order valence-electron chi connectivity index (χ0n) is 36.6. The highest BCUT2D eigenvalue weighted by Gasteiger charge is 2.44. The number of carbonyl (C=O) groups is 4. The van der Waals surface area contributed by atoms with E-state index in [2.05, 4.69) is 36.6 Å². The van der Waals surface area contributed by atoms with E-state index in [1.165, 1.54) is 9.47 Å². The Kier molecular flexibility index (Phi) is 15.8. The maximum absolute atomic E-state index is 14.0. The number of β-amino-alcohol motifs (C(OH)–C–C–N with tert-alkyl or cyclic N) is 1. The quantitative estimate of drug-likeness (QED) is 0.0295. The fourth-order valence-electron chi connectivity index (χ4n) is 7.38. The molecule has 338 valence electrons. The summed E-state index contributed by atoms with van der Waals surface area (Å²) < 4.78 is 6.69. The van der Waals surface area contributed by atoms with Gasteiger partial charge in [-0.15, -0.1) is 11.3 Å². The Labute approximate surface area is 376 Å². The Morgan fingerprint density at radius 3 is 2.31 bits per heavy atom. The van der Waals surface area contributed by atoms with E-state index in [1.807, 2.05) is 87.8 Å². The molecular formula is C46H57N11O6S. The van der Waals surface area contributed by atoms with Gasteiger partial charge in [0, 0.05) is 62.9 Å². The van der Waals surface area contributed by atoms with Crippen LogP contribution in [0.2, 0.25) is 0 Å². The summed E-state index contributed by atoms with van der Waals surface area (Å²) in [5.41, 5.74) is 6.27. The minimum atomic E-state index is -0.936. The Morgan fingerprint density at radius 1 is 0.938 bits per heavy atom. The van der Waals surface area contributed by atoms with E-state index in [0.717, 1.165) is 39.3 Å². The SMILES string of the molecule is Cc1ncsc1-c1ccc(CNC(=O)[C@@H]2C[C@@H](O)CN2C(=O)[C@@H](NC(=O)CCCCC(=O)NCCNc2ccc(-c3cnc(NCc4ccco4)n(C=N)c3=N)cc2)C(C)(C)C)cc1. The molecule has 0 saturated carbocycles. The highest BCUT2D eigenvalue weighted by molar-refractivity contribution is 7.13. The standard InChI is InChI=1S/C46H57N11O6S/c1-29-40(64-28-54-29)32-13-11-30(12-14-32)23-51-43(61)37-22-34(58)26-56(37)44(62)41(46(2,3)4)55-39(60)10-6-5-9-38(59)50-20-19-49-33-17-15-31(16-18-33)36-25-53-45(57(27-47)42(36)48)52-24-35-8-7-21-63-35/h7-8,11-18,21,25,27-28,34,37,41,47-49,58H,5-6,9-10,19-20,22-24,26H2,1-4H3,(H,50,59)(H,51,61)(H,52,53)(H,55,60)/t34-,37+,41-/m1/s1. The molecule has 64 heavy (non-hydrogen) atoms. The molecule has 4 heterocycles. The van der Waals surface area contributed by atoms with Gasteiger partial charge in [-0.05, 0) is 66.1 Å². The molecule has 3 aromatic heterocycles. The summed E-state index contributed by atoms with van der Waals surface area (Å²) in [6.45, 7) is 8.94. The summed E-state index contributed by atoms with van der Waals surface area (Å²) in [6.07, 6.45) is 4.69. The average Bonchev–Trinajstić information content (AvgIpc) is 4.06. The van der Waals surface area contributed by atoms with E-state index < -0.39 is 29.5 Å². The third kappa shape index (κ3) is 12.3. The van der Waals surface area contributed by atoms with E-state index in [9.17, 15) is 24.3 Å². The van der Waals surface area contributed by atoms with E-state index in [4.69, 9.17) is 15.2 Å². The topological polar surface area (TPSA) is 243 Å². The van der Waals surface area contributed by atoms with Crippen LogP contribution in [0.1, 0.15) is 69.9 Å². The van der Waals surface area contributed by atoms with Gasteiger partial charge in [0.15, 0.2) is 0 Å². The number of aliphatic hydroxyl groups is 1. The van der Waals surface area contributed by atoms with Gasteiger partial charge in [0.25, 0.3) is 0 Å². The fourth-order valence-corrected chi connectivity index (χ4v) is 8.19. The molecule has 0 spiro atoms. The fraction of sp³-hybridized carbons (Fsp3) is 0.391. The minimum absolute atomic E-state index is 0.0142. The first kappa shape index (κ1) is 46.8. The second kappa shape index (κ2) is 21.6. The first-order chi connectivity index (χ1) is 30.7. The second-order valence-electron chi connectivity index (χ2n) is 16.8. The second-order valence-corrected chi connectivity index (χ2v) is 17.6. The van der Waals surface area contributed by atoms with Crippen LogP contribution in [0.15, 0.2) is 83.1 Å². The summed E-state index contributed by atoms with van der Waals surface area (Å²) in [5.74, 6) is -0.223. The smallest absolute Gasteiger partial charge is 0.246 e. The number of likely N-dealkylation sites (tertiary alicyclic amines) is 1. The molecule has 18 heteroatoms. The molecule has 1 saturated heterocycles. The number of hydrogen-bond acceptors (Lipinski definition) is 13. The maximum Gasteiger partial charge on any atom is 0.246 e. The van der Waals surface area contributed by atoms with Gasteiger partial charge in [-0.2, -0.15) is 0 Å². The summed E-state index contributed by atoms with van der Waals surface area (Å²) in [7, 11) is 0. The van der Waals surface area contributed by atoms with Gasteiger partial charge in [0.05, 0.1) is 41.3 Å². The van der Waals surface area contributed by atoms with Crippen LogP contribution in [0, 0.1) is 23.2 Å². The number of nitrogens with zero attached hydrogens (tertiary/aromatic N) is 4. The molecule has 6 rings (SSSR count). The van der Waals surface area contributed by atoms with Crippen molar-refractivity contribution in [2.75, 3.05) is 30.3 Å². The molecule has 8 N–H and O–H groups in total. The minimum Gasteiger partial charge on any atom is -0.467 e. The van der Waals surface area contributed by atoms with Crippen LogP contribution in [-0.4, -0.2) is 92.3 Å². The van der Waals surface area contributed by atoms with Crippen LogP contribution in [0.25, 0.3) is 21.6 Å². The lowest BCUT2D eigenvalue weighted by Crippen LogP contribution is -2.57. The van der Waals surface area contributed by atoms with E-state index >= 15 is 0 Å². The van der Waals surface area contributed by atoms with Crippen molar-refractivity contribution < 1.29 is 28.7 Å². The lowest BCUT2D eigenvalue weighted by Gasteiger charge is -2.35. The number of thiazole rings is 1. The molecule has 0 unspecified atom stereocenters. The third-order valence-corrected chi connectivity index (χ3v) is 11.9. The van der Waals surface area contributed by atoms with Crippen LogP contribution in [0.4, 0.5) is 11.6 Å². The first-order valence-corrected chi connectivity index (χ1v) is 22.2. The molecule has 4 amide bonds. The van der Waals surface area contributed by atoms with Crippen molar-refractivity contribution in [3.8, 4) is 21.6 Å². The van der Waals surface area contributed by atoms with Crippen LogP contribution >= 0.6 is 11.3 Å². The van der Waals surface area contributed by atoms with Gasteiger partial charge in [0.1, 0.15) is 23.3 Å². The van der Waals surface area contributed by atoms with Crippen molar-refractivity contribution in [3.05, 3.63) is 101 Å². The lowest BCUT2D eigenvalue weighted by molar-refractivity contribution is -0.144. The van der Waals surface area contributed by atoms with Gasteiger partial charge < -0.3 is 41.0 Å². The number of benzene rings is 2. The molecule has 1 fully saturated rings. The lowest BCUT2D eigenvalue weighted by atomic mass is 9.85. The number of unbranched alkanes of at least 4 members (excludes halogenated alkanes) is 1. The summed E-state index contributed by atoms with van der Waals surface area (Å²) >= 11 is 1.57. The zero-order chi connectivity index (χ0) is 45.8. The highest BCUT2D eigenvalue weighted by atomic mass is 32.1. The number of aromatic nitrogens is 3. The number of rotatable bonds is 20. The van der Waals surface area contributed by atoms with Crippen LogP contribution in [0.3, 0.4) is 0 Å². The van der Waals surface area contributed by atoms with Gasteiger partial charge in [0.2, 0.25) is 29.6 Å².